The maximum absolute atomic E-state index is 12.1. The number of aromatic amines is 1. The third-order valence-corrected chi connectivity index (χ3v) is 3.50. The highest BCUT2D eigenvalue weighted by molar-refractivity contribution is 5.95. The molecule has 0 aliphatic rings. The van der Waals surface area contributed by atoms with E-state index in [9.17, 15) is 4.79 Å². The molecule has 4 N–H and O–H groups in total. The Morgan fingerprint density at radius 1 is 1.43 bits per heavy atom. The smallest absolute Gasteiger partial charge is 0.241 e. The normalized spacial score (nSPS) is 13.1. The Kier molecular flexibility index (Phi) is 6.39. The summed E-state index contributed by atoms with van der Waals surface area (Å²) in [4.78, 5) is 12.1. The van der Waals surface area contributed by atoms with Crippen LogP contribution < -0.4 is 11.1 Å². The Bertz CT molecular complexity index is 571. The van der Waals surface area contributed by atoms with Gasteiger partial charge >= 0.3 is 0 Å². The predicted octanol–water partition coefficient (Wildman–Crippen LogP) is 2.81. The molecule has 0 radical (unpaired) electrons. The zero-order valence-corrected chi connectivity index (χ0v) is 13.0. The van der Waals surface area contributed by atoms with Gasteiger partial charge in [0.1, 0.15) is 0 Å². The van der Waals surface area contributed by atoms with Gasteiger partial charge in [-0.2, -0.15) is 5.10 Å². The van der Waals surface area contributed by atoms with Crippen molar-refractivity contribution in [2.75, 3.05) is 5.32 Å². The van der Waals surface area contributed by atoms with E-state index in [1.165, 1.54) is 0 Å². The van der Waals surface area contributed by atoms with Crippen molar-refractivity contribution in [1.29, 1.82) is 0 Å². The number of H-pyrrole nitrogens is 1. The van der Waals surface area contributed by atoms with E-state index >= 15 is 0 Å². The van der Waals surface area contributed by atoms with Gasteiger partial charge in [0.05, 0.1) is 11.7 Å². The van der Waals surface area contributed by atoms with Crippen LogP contribution in [0.4, 0.5) is 5.69 Å². The molecule has 0 spiro atoms. The second-order valence-electron chi connectivity index (χ2n) is 4.95. The number of halogens is 1. The molecular formula is C15H21ClN4O. The largest absolute Gasteiger partial charge is 0.325 e. The van der Waals surface area contributed by atoms with Crippen molar-refractivity contribution in [2.24, 2.45) is 11.7 Å². The summed E-state index contributed by atoms with van der Waals surface area (Å²) in [6.45, 7) is 4.00. The van der Waals surface area contributed by atoms with Crippen molar-refractivity contribution in [2.45, 2.75) is 26.3 Å². The van der Waals surface area contributed by atoms with Crippen molar-refractivity contribution in [3.8, 4) is 11.3 Å². The van der Waals surface area contributed by atoms with Gasteiger partial charge in [0.2, 0.25) is 5.91 Å². The predicted molar refractivity (Wildman–Crippen MR) is 87.3 cm³/mol. The first-order chi connectivity index (χ1) is 9.61. The van der Waals surface area contributed by atoms with Gasteiger partial charge in [-0.1, -0.05) is 32.4 Å². The van der Waals surface area contributed by atoms with Gasteiger partial charge in [-0.3, -0.25) is 9.89 Å². The van der Waals surface area contributed by atoms with Crippen LogP contribution in [0.1, 0.15) is 20.3 Å². The molecule has 0 bridgehead atoms. The van der Waals surface area contributed by atoms with Crippen LogP contribution >= 0.6 is 12.4 Å². The van der Waals surface area contributed by atoms with Crippen molar-refractivity contribution in [1.82, 2.24) is 10.2 Å². The Balaban J connectivity index is 0.00000220. The molecule has 5 nitrogen and oxygen atoms in total. The summed E-state index contributed by atoms with van der Waals surface area (Å²) >= 11 is 0. The molecule has 2 atom stereocenters. The van der Waals surface area contributed by atoms with Crippen LogP contribution in [0.2, 0.25) is 0 Å². The molecule has 0 saturated carbocycles. The van der Waals surface area contributed by atoms with Crippen molar-refractivity contribution >= 4 is 24.0 Å². The Morgan fingerprint density at radius 3 is 2.81 bits per heavy atom. The van der Waals surface area contributed by atoms with Crippen LogP contribution in [0.3, 0.4) is 0 Å². The van der Waals surface area contributed by atoms with Crippen LogP contribution in [0.25, 0.3) is 11.3 Å². The zero-order chi connectivity index (χ0) is 14.5. The molecule has 2 rings (SSSR count). The van der Waals surface area contributed by atoms with Crippen molar-refractivity contribution in [3.63, 3.8) is 0 Å². The number of hydrogen-bond donors (Lipinski definition) is 3. The number of carbonyl (C=O) groups excluding carboxylic acids is 1. The number of anilines is 1. The number of benzene rings is 1. The number of nitrogens with two attached hydrogens (primary N) is 1. The van der Waals surface area contributed by atoms with E-state index in [1.54, 1.807) is 6.20 Å². The molecular weight excluding hydrogens is 288 g/mol. The average molecular weight is 309 g/mol. The first-order valence-corrected chi connectivity index (χ1v) is 6.78. The topological polar surface area (TPSA) is 83.8 Å². The van der Waals surface area contributed by atoms with Crippen molar-refractivity contribution in [3.05, 3.63) is 36.5 Å². The maximum atomic E-state index is 12.1. The van der Waals surface area contributed by atoms with Gasteiger partial charge in [-0.05, 0) is 24.1 Å². The maximum Gasteiger partial charge on any atom is 0.241 e. The minimum absolute atomic E-state index is 0. The minimum Gasteiger partial charge on any atom is -0.325 e. The number of nitrogens with zero attached hydrogens (tertiary/aromatic N) is 1. The molecule has 2 aromatic rings. The highest BCUT2D eigenvalue weighted by Gasteiger charge is 2.19. The average Bonchev–Trinajstić information content (AvgIpc) is 3.00. The van der Waals surface area contributed by atoms with E-state index in [2.05, 4.69) is 15.5 Å². The van der Waals surface area contributed by atoms with Gasteiger partial charge in [0, 0.05) is 17.4 Å². The highest BCUT2D eigenvalue weighted by atomic mass is 35.5. The summed E-state index contributed by atoms with van der Waals surface area (Å²) in [6, 6.07) is 8.98. The number of aromatic nitrogens is 2. The third-order valence-electron chi connectivity index (χ3n) is 3.50. The lowest BCUT2D eigenvalue weighted by atomic mass is 9.99. The third kappa shape index (κ3) is 4.31. The van der Waals surface area contributed by atoms with Gasteiger partial charge in [0.25, 0.3) is 0 Å². The standard InChI is InChI=1S/C15H20N4O.ClH/c1-3-10(2)14(16)15(20)18-12-6-4-5-11(9-12)13-7-8-17-19-13;/h4-10,14H,3,16H2,1-2H3,(H,17,19)(H,18,20);1H. The SMILES string of the molecule is CCC(C)C(N)C(=O)Nc1cccc(-c2ccn[nH]2)c1.Cl. The van der Waals surface area contributed by atoms with E-state index in [1.807, 2.05) is 44.2 Å². The lowest BCUT2D eigenvalue weighted by Crippen LogP contribution is -2.40. The fourth-order valence-electron chi connectivity index (χ4n) is 1.92. The molecule has 0 saturated heterocycles. The van der Waals surface area contributed by atoms with Crippen LogP contribution in [-0.4, -0.2) is 22.1 Å². The molecule has 0 aliphatic heterocycles. The van der Waals surface area contributed by atoms with Crippen molar-refractivity contribution < 1.29 is 4.79 Å². The molecule has 2 unspecified atom stereocenters. The summed E-state index contributed by atoms with van der Waals surface area (Å²) < 4.78 is 0. The van der Waals surface area contributed by atoms with E-state index < -0.39 is 6.04 Å². The molecule has 21 heavy (non-hydrogen) atoms. The number of hydrogen-bond acceptors (Lipinski definition) is 3. The van der Waals surface area contributed by atoms with Crippen LogP contribution in [0, 0.1) is 5.92 Å². The second kappa shape index (κ2) is 7.81. The fraction of sp³-hybridized carbons (Fsp3) is 0.333. The van der Waals surface area contributed by atoms with Crippen LogP contribution in [0.15, 0.2) is 36.5 Å². The quantitative estimate of drug-likeness (QED) is 0.794. The molecule has 1 aromatic heterocycles. The molecule has 0 fully saturated rings. The first-order valence-electron chi connectivity index (χ1n) is 6.78. The van der Waals surface area contributed by atoms with Gasteiger partial charge in [-0.25, -0.2) is 0 Å². The monoisotopic (exact) mass is 308 g/mol. The highest BCUT2D eigenvalue weighted by Crippen LogP contribution is 2.20. The number of amides is 1. The summed E-state index contributed by atoms with van der Waals surface area (Å²) in [6.07, 6.45) is 2.57. The summed E-state index contributed by atoms with van der Waals surface area (Å²) in [5.41, 5.74) is 8.54. The summed E-state index contributed by atoms with van der Waals surface area (Å²) in [5.74, 6) is 0.00639. The number of carbonyl (C=O) groups is 1. The van der Waals surface area contributed by atoms with Crippen LogP contribution in [-0.2, 0) is 4.79 Å². The molecule has 1 aromatic carbocycles. The lowest BCUT2D eigenvalue weighted by molar-refractivity contribution is -0.118. The van der Waals surface area contributed by atoms with Crippen LogP contribution in [0.5, 0.6) is 0 Å². The second-order valence-corrected chi connectivity index (χ2v) is 4.95. The molecule has 114 valence electrons. The Morgan fingerprint density at radius 2 is 2.19 bits per heavy atom. The molecule has 1 amide bonds. The first kappa shape index (κ1) is 17.2. The molecule has 0 aliphatic carbocycles. The lowest BCUT2D eigenvalue weighted by Gasteiger charge is -2.17. The van der Waals surface area contributed by atoms with Gasteiger partial charge < -0.3 is 11.1 Å². The number of rotatable bonds is 5. The Labute approximate surface area is 130 Å². The minimum atomic E-state index is -0.490. The zero-order valence-electron chi connectivity index (χ0n) is 12.2. The fourth-order valence-corrected chi connectivity index (χ4v) is 1.92. The molecule has 1 heterocycles. The summed E-state index contributed by atoms with van der Waals surface area (Å²) in [7, 11) is 0. The Hall–Kier alpha value is -1.85. The van der Waals surface area contributed by atoms with E-state index in [-0.39, 0.29) is 24.2 Å². The van der Waals surface area contributed by atoms with Gasteiger partial charge in [-0.15, -0.1) is 12.4 Å². The van der Waals surface area contributed by atoms with Gasteiger partial charge in [0.15, 0.2) is 0 Å². The molecule has 6 heteroatoms. The van der Waals surface area contributed by atoms with E-state index in [0.717, 1.165) is 23.4 Å². The number of nitrogens with one attached hydrogen (secondary N) is 2. The van der Waals surface area contributed by atoms with E-state index in [0.29, 0.717) is 0 Å². The van der Waals surface area contributed by atoms with E-state index in [4.69, 9.17) is 5.73 Å². The summed E-state index contributed by atoms with van der Waals surface area (Å²) in [5, 5.41) is 9.68.